The Hall–Kier alpha value is -3.44. The summed E-state index contributed by atoms with van der Waals surface area (Å²) in [5.74, 6) is -1.50. The van der Waals surface area contributed by atoms with E-state index >= 15 is 0 Å². The highest BCUT2D eigenvalue weighted by atomic mass is 79.9. The van der Waals surface area contributed by atoms with Gasteiger partial charge in [0.1, 0.15) is 5.71 Å². The number of nitrogens with zero attached hydrogens (tertiary/aromatic N) is 4. The van der Waals surface area contributed by atoms with Crippen LogP contribution in [-0.4, -0.2) is 54.4 Å². The van der Waals surface area contributed by atoms with E-state index in [0.717, 1.165) is 5.01 Å². The summed E-state index contributed by atoms with van der Waals surface area (Å²) in [4.78, 5) is 35.9. The summed E-state index contributed by atoms with van der Waals surface area (Å²) in [6.07, 6.45) is 1.24. The monoisotopic (exact) mass is 528 g/mol. The van der Waals surface area contributed by atoms with E-state index in [1.807, 2.05) is 0 Å². The van der Waals surface area contributed by atoms with Gasteiger partial charge in [-0.1, -0.05) is 15.9 Å². The zero-order valence-electron chi connectivity index (χ0n) is 19.1. The van der Waals surface area contributed by atoms with Crippen LogP contribution in [0, 0.1) is 28.1 Å². The maximum atomic E-state index is 12.5. The zero-order valence-corrected chi connectivity index (χ0v) is 20.7. The van der Waals surface area contributed by atoms with Gasteiger partial charge in [0.2, 0.25) is 0 Å². The molecule has 0 bridgehead atoms. The second kappa shape index (κ2) is 9.82. The molecule has 0 unspecified atom stereocenters. The van der Waals surface area contributed by atoms with Crippen molar-refractivity contribution >= 4 is 39.5 Å². The van der Waals surface area contributed by atoms with Crippen molar-refractivity contribution < 1.29 is 19.1 Å². The third-order valence-electron chi connectivity index (χ3n) is 6.34. The average molecular weight is 529 g/mol. The lowest BCUT2D eigenvalue weighted by Crippen LogP contribution is -2.54. The predicted octanol–water partition coefficient (Wildman–Crippen LogP) is 2.57. The average Bonchev–Trinajstić information content (AvgIpc) is 2.83. The van der Waals surface area contributed by atoms with Crippen LogP contribution in [0.25, 0.3) is 0 Å². The molecule has 1 spiro atoms. The third-order valence-corrected chi connectivity index (χ3v) is 7.03. The molecular weight excluding hydrogens is 504 g/mol. The van der Waals surface area contributed by atoms with Crippen molar-refractivity contribution in [3.05, 3.63) is 33.8 Å². The van der Waals surface area contributed by atoms with Gasteiger partial charge in [0.25, 0.3) is 0 Å². The number of amides is 3. The zero-order chi connectivity index (χ0) is 25.1. The van der Waals surface area contributed by atoms with Gasteiger partial charge in [-0.2, -0.15) is 15.6 Å². The molecule has 0 saturated heterocycles. The molecule has 1 saturated carbocycles. The van der Waals surface area contributed by atoms with E-state index in [9.17, 15) is 24.9 Å². The minimum atomic E-state index is -1.05. The van der Waals surface area contributed by atoms with Gasteiger partial charge in [-0.25, -0.2) is 9.80 Å². The summed E-state index contributed by atoms with van der Waals surface area (Å²) < 4.78 is 6.60. The van der Waals surface area contributed by atoms with Gasteiger partial charge < -0.3 is 15.4 Å². The normalized spacial score (nSPS) is 24.8. The number of nitriles is 2. The summed E-state index contributed by atoms with van der Waals surface area (Å²) >= 11 is 3.52. The van der Waals surface area contributed by atoms with Crippen molar-refractivity contribution in [1.29, 1.82) is 10.5 Å². The van der Waals surface area contributed by atoms with Crippen molar-refractivity contribution in [3.8, 4) is 12.1 Å². The lowest BCUT2D eigenvalue weighted by atomic mass is 9.65. The molecule has 1 aliphatic carbocycles. The fourth-order valence-electron chi connectivity index (χ4n) is 4.51. The highest BCUT2D eigenvalue weighted by Gasteiger charge is 2.52. The predicted molar refractivity (Wildman–Crippen MR) is 125 cm³/mol. The Morgan fingerprint density at radius 1 is 1.26 bits per heavy atom. The number of ether oxygens (including phenoxy) is 1. The van der Waals surface area contributed by atoms with Crippen LogP contribution >= 0.6 is 15.9 Å². The molecule has 1 atom stereocenters. The van der Waals surface area contributed by atoms with Crippen LogP contribution in [0.1, 0.15) is 50.2 Å². The maximum absolute atomic E-state index is 12.5. The number of rotatable bonds is 4. The highest BCUT2D eigenvalue weighted by Crippen LogP contribution is 2.48. The maximum Gasteiger partial charge on any atom is 0.431 e. The molecule has 10 nitrogen and oxygen atoms in total. The Bertz CT molecular complexity index is 1130. The fraction of sp³-hybridized carbons (Fsp3) is 0.478. The molecule has 3 amide bonds. The van der Waals surface area contributed by atoms with Crippen LogP contribution in [0.4, 0.5) is 4.79 Å². The number of carbonyl (C=O) groups is 3. The fourth-order valence-corrected chi connectivity index (χ4v) is 4.95. The topological polar surface area (TPSA) is 148 Å². The Morgan fingerprint density at radius 3 is 2.53 bits per heavy atom. The van der Waals surface area contributed by atoms with Gasteiger partial charge in [0, 0.05) is 30.2 Å². The van der Waals surface area contributed by atoms with E-state index in [0.29, 0.717) is 53.4 Å². The van der Waals surface area contributed by atoms with Crippen LogP contribution in [-0.2, 0) is 14.3 Å². The lowest BCUT2D eigenvalue weighted by molar-refractivity contribution is -0.139. The van der Waals surface area contributed by atoms with Gasteiger partial charge >= 0.3 is 17.9 Å². The second-order valence-electron chi connectivity index (χ2n) is 8.69. The quantitative estimate of drug-likeness (QED) is 0.573. The van der Waals surface area contributed by atoms with Crippen LogP contribution < -0.4 is 10.6 Å². The summed E-state index contributed by atoms with van der Waals surface area (Å²) in [6.45, 7) is 1.75. The molecule has 178 valence electrons. The summed E-state index contributed by atoms with van der Waals surface area (Å²) in [5, 5.41) is 29.9. The number of hydrazone groups is 1. The molecule has 11 heteroatoms. The molecule has 1 heterocycles. The molecule has 1 aliphatic heterocycles. The number of hydrogen-bond donors (Lipinski definition) is 2. The standard InChI is InChI=1S/C23H25BrN6O4/c1-14(28-20(32)19(31)27-2)11-22(13-26)6-8-23(9-7-22)18(29-30(3)21(33)34-23)16-10-15(12-25)4-5-17(16)24/h4-5,10,14H,6-9,11H2,1-3H3,(H,27,31)(H,28,32)/t14-,22?,23?/m0/s1. The molecule has 0 aromatic heterocycles. The first-order valence-corrected chi connectivity index (χ1v) is 11.6. The summed E-state index contributed by atoms with van der Waals surface area (Å²) in [6, 6.07) is 9.22. The molecular formula is C23H25BrN6O4. The molecule has 2 aliphatic rings. The number of benzene rings is 1. The highest BCUT2D eigenvalue weighted by molar-refractivity contribution is 9.10. The van der Waals surface area contributed by atoms with E-state index < -0.39 is 35.0 Å². The molecule has 2 N–H and O–H groups in total. The first-order valence-electron chi connectivity index (χ1n) is 10.8. The first kappa shape index (κ1) is 25.2. The number of likely N-dealkylation sites (N-methyl/N-ethyl adjacent to an activating group) is 1. The molecule has 1 aromatic carbocycles. The molecule has 3 rings (SSSR count). The van der Waals surface area contributed by atoms with Gasteiger partial charge in [0.15, 0.2) is 5.60 Å². The Labute approximate surface area is 206 Å². The van der Waals surface area contributed by atoms with E-state index in [2.05, 4.69) is 43.8 Å². The Morgan fingerprint density at radius 2 is 1.94 bits per heavy atom. The van der Waals surface area contributed by atoms with E-state index in [1.54, 1.807) is 25.1 Å². The Balaban J connectivity index is 1.87. The summed E-state index contributed by atoms with van der Waals surface area (Å²) in [7, 11) is 2.87. The van der Waals surface area contributed by atoms with Crippen LogP contribution in [0.2, 0.25) is 0 Å². The number of halogens is 1. The van der Waals surface area contributed by atoms with E-state index in [1.165, 1.54) is 14.1 Å². The van der Waals surface area contributed by atoms with Crippen molar-refractivity contribution in [3.63, 3.8) is 0 Å². The summed E-state index contributed by atoms with van der Waals surface area (Å²) in [5.41, 5.74) is -0.207. The third kappa shape index (κ3) is 4.90. The number of nitrogens with one attached hydrogen (secondary N) is 2. The first-order chi connectivity index (χ1) is 16.1. The van der Waals surface area contributed by atoms with E-state index in [4.69, 9.17) is 4.74 Å². The second-order valence-corrected chi connectivity index (χ2v) is 9.55. The van der Waals surface area contributed by atoms with Crippen molar-refractivity contribution in [2.45, 2.75) is 50.7 Å². The van der Waals surface area contributed by atoms with Crippen molar-refractivity contribution in [2.24, 2.45) is 10.5 Å². The smallest absolute Gasteiger partial charge is 0.431 e. The minimum absolute atomic E-state index is 0.344. The lowest BCUT2D eigenvalue weighted by Gasteiger charge is -2.46. The minimum Gasteiger partial charge on any atom is -0.435 e. The van der Waals surface area contributed by atoms with Crippen LogP contribution in [0.15, 0.2) is 27.8 Å². The Kier molecular flexibility index (Phi) is 7.27. The number of hydrogen-bond acceptors (Lipinski definition) is 7. The molecule has 1 aromatic rings. The SMILES string of the molecule is CNC(=O)C(=O)N[C@@H](C)CC1(C#N)CCC2(CC1)OC(=O)N(C)N=C2c1cc(C#N)ccc1Br. The van der Waals surface area contributed by atoms with Crippen molar-refractivity contribution in [1.82, 2.24) is 15.6 Å². The largest absolute Gasteiger partial charge is 0.435 e. The van der Waals surface area contributed by atoms with Crippen LogP contribution in [0.5, 0.6) is 0 Å². The molecule has 1 fully saturated rings. The van der Waals surface area contributed by atoms with Gasteiger partial charge in [-0.05, 0) is 57.2 Å². The van der Waals surface area contributed by atoms with Gasteiger partial charge in [-0.3, -0.25) is 9.59 Å². The van der Waals surface area contributed by atoms with E-state index in [-0.39, 0.29) is 0 Å². The number of carbonyl (C=O) groups excluding carboxylic acids is 3. The van der Waals surface area contributed by atoms with Crippen LogP contribution in [0.3, 0.4) is 0 Å². The van der Waals surface area contributed by atoms with Crippen molar-refractivity contribution in [2.75, 3.05) is 14.1 Å². The van der Waals surface area contributed by atoms with Gasteiger partial charge in [0.05, 0.1) is 23.1 Å². The molecule has 0 radical (unpaired) electrons. The van der Waals surface area contributed by atoms with Gasteiger partial charge in [-0.15, -0.1) is 0 Å². The molecule has 34 heavy (non-hydrogen) atoms.